The van der Waals surface area contributed by atoms with Crippen molar-refractivity contribution in [3.63, 3.8) is 0 Å². The van der Waals surface area contributed by atoms with Crippen LogP contribution in [0.15, 0.2) is 73.4 Å². The van der Waals surface area contributed by atoms with Crippen LogP contribution in [-0.4, -0.2) is 39.0 Å². The van der Waals surface area contributed by atoms with Crippen LogP contribution in [0.2, 0.25) is 0 Å². The number of hydrogen-bond donors (Lipinski definition) is 0. The van der Waals surface area contributed by atoms with Crippen LogP contribution in [0.3, 0.4) is 0 Å². The van der Waals surface area contributed by atoms with E-state index in [0.29, 0.717) is 6.61 Å². The van der Waals surface area contributed by atoms with Crippen LogP contribution < -0.4 is 4.74 Å². The third-order valence-corrected chi connectivity index (χ3v) is 4.73. The number of rotatable bonds is 15. The largest absolute Gasteiger partial charge is 0.497 e. The van der Waals surface area contributed by atoms with Gasteiger partial charge in [-0.15, -0.1) is 13.2 Å². The van der Waals surface area contributed by atoms with Gasteiger partial charge < -0.3 is 18.9 Å². The third-order valence-electron chi connectivity index (χ3n) is 4.73. The number of carbonyl (C=O) groups is 1. The average Bonchev–Trinajstić information content (AvgIpc) is 2.78. The predicted octanol–water partition coefficient (Wildman–Crippen LogP) is 5.43. The van der Waals surface area contributed by atoms with Gasteiger partial charge in [0.2, 0.25) is 0 Å². The highest BCUT2D eigenvalue weighted by atomic mass is 16.5. The van der Waals surface area contributed by atoms with Crippen molar-refractivity contribution in [3.8, 4) is 5.75 Å². The maximum absolute atomic E-state index is 11.8. The zero-order valence-corrected chi connectivity index (χ0v) is 19.2. The second-order valence-electron chi connectivity index (χ2n) is 7.31. The summed E-state index contributed by atoms with van der Waals surface area (Å²) in [5.41, 5.74) is 1.98. The summed E-state index contributed by atoms with van der Waals surface area (Å²) in [6.07, 6.45) is 9.95. The van der Waals surface area contributed by atoms with Gasteiger partial charge in [0.1, 0.15) is 18.5 Å². The number of hydrogen-bond acceptors (Lipinski definition) is 5. The molecule has 0 heterocycles. The molecule has 0 unspecified atom stereocenters. The number of benzene rings is 1. The average molecular weight is 429 g/mol. The Morgan fingerprint density at radius 3 is 2.42 bits per heavy atom. The van der Waals surface area contributed by atoms with Crippen molar-refractivity contribution >= 4 is 5.97 Å². The van der Waals surface area contributed by atoms with Crippen molar-refractivity contribution in [2.24, 2.45) is 5.92 Å². The molecular formula is C26H36O5. The van der Waals surface area contributed by atoms with Crippen LogP contribution in [0.25, 0.3) is 0 Å². The van der Waals surface area contributed by atoms with E-state index >= 15 is 0 Å². The van der Waals surface area contributed by atoms with Crippen LogP contribution in [0.4, 0.5) is 0 Å². The minimum atomic E-state index is -0.349. The highest BCUT2D eigenvalue weighted by Gasteiger charge is 2.25. The van der Waals surface area contributed by atoms with Crippen LogP contribution in [0, 0.1) is 5.92 Å². The summed E-state index contributed by atoms with van der Waals surface area (Å²) in [4.78, 5) is 11.8. The van der Waals surface area contributed by atoms with Crippen molar-refractivity contribution in [1.29, 1.82) is 0 Å². The number of ether oxygens (including phenoxy) is 4. The van der Waals surface area contributed by atoms with E-state index in [1.807, 2.05) is 43.3 Å². The van der Waals surface area contributed by atoms with Gasteiger partial charge in [-0.25, -0.2) is 4.79 Å². The van der Waals surface area contributed by atoms with Gasteiger partial charge in [-0.1, -0.05) is 43.4 Å². The van der Waals surface area contributed by atoms with Gasteiger partial charge in [0.15, 0.2) is 0 Å². The number of carbonyl (C=O) groups excluding carboxylic acids is 1. The van der Waals surface area contributed by atoms with Crippen molar-refractivity contribution in [1.82, 2.24) is 0 Å². The summed E-state index contributed by atoms with van der Waals surface area (Å²) in [6, 6.07) is 7.75. The number of methoxy groups -OCH3 is 2. The van der Waals surface area contributed by atoms with E-state index in [-0.39, 0.29) is 30.7 Å². The molecule has 0 saturated heterocycles. The lowest BCUT2D eigenvalue weighted by Crippen LogP contribution is -2.34. The number of unbranched alkanes of at least 4 members (excludes halogenated alkanes) is 1. The van der Waals surface area contributed by atoms with Gasteiger partial charge in [0.25, 0.3) is 0 Å². The van der Waals surface area contributed by atoms with Gasteiger partial charge in [0.05, 0.1) is 19.8 Å². The minimum Gasteiger partial charge on any atom is -0.497 e. The summed E-state index contributed by atoms with van der Waals surface area (Å²) in [6.45, 7) is 12.2. The Morgan fingerprint density at radius 1 is 1.13 bits per heavy atom. The van der Waals surface area contributed by atoms with Crippen LogP contribution in [0.5, 0.6) is 5.75 Å². The second kappa shape index (κ2) is 15.2. The van der Waals surface area contributed by atoms with E-state index in [4.69, 9.17) is 18.9 Å². The molecule has 0 spiro atoms. The molecule has 0 aliphatic heterocycles. The first-order chi connectivity index (χ1) is 14.9. The molecule has 1 rings (SSSR count). The lowest BCUT2D eigenvalue weighted by atomic mass is 9.97. The van der Waals surface area contributed by atoms with E-state index in [1.165, 1.54) is 6.08 Å². The lowest BCUT2D eigenvalue weighted by molar-refractivity contribution is -0.136. The molecule has 5 heteroatoms. The Labute approximate surface area is 187 Å². The molecule has 31 heavy (non-hydrogen) atoms. The van der Waals surface area contributed by atoms with E-state index in [1.54, 1.807) is 26.4 Å². The van der Waals surface area contributed by atoms with Crippen molar-refractivity contribution in [2.45, 2.75) is 45.5 Å². The monoisotopic (exact) mass is 428 g/mol. The fourth-order valence-corrected chi connectivity index (χ4v) is 3.04. The van der Waals surface area contributed by atoms with Crippen molar-refractivity contribution in [2.75, 3.05) is 20.8 Å². The Bertz CT molecular complexity index is 733. The quantitative estimate of drug-likeness (QED) is 0.161. The standard InChI is InChI=1S/C26H36O5/c1-7-9-10-11-12-25(27)30-18-20(3)17-21(4)26(24(8-2)29-6)31-19-22-13-15-23(28-5)16-14-22/h7-8,11-17,21,24,26H,1-2,9-10,18-19H2,3-6H3/b12-11+,20-17+/t21-,24+,26+/m1/s1. The summed E-state index contributed by atoms with van der Waals surface area (Å²) in [5.74, 6) is 0.471. The maximum atomic E-state index is 11.8. The van der Waals surface area contributed by atoms with Gasteiger partial charge in [-0.05, 0) is 43.0 Å². The van der Waals surface area contributed by atoms with E-state index in [2.05, 4.69) is 20.1 Å². The topological polar surface area (TPSA) is 54.0 Å². The first kappa shape index (κ1) is 26.4. The van der Waals surface area contributed by atoms with Gasteiger partial charge in [0, 0.05) is 19.1 Å². The SMILES string of the molecule is C=CCC/C=C/C(=O)OC/C(C)=C/[C@@H](C)[C@H](OCc1ccc(OC)cc1)[C@H](C=C)OC. The number of esters is 1. The first-order valence-corrected chi connectivity index (χ1v) is 10.5. The molecule has 0 aliphatic rings. The van der Waals surface area contributed by atoms with Crippen LogP contribution >= 0.6 is 0 Å². The summed E-state index contributed by atoms with van der Waals surface area (Å²) >= 11 is 0. The zero-order chi connectivity index (χ0) is 23.1. The fraction of sp³-hybridized carbons (Fsp3) is 0.423. The van der Waals surface area contributed by atoms with Crippen LogP contribution in [0.1, 0.15) is 32.3 Å². The minimum absolute atomic E-state index is 0.0167. The molecule has 0 aliphatic carbocycles. The van der Waals surface area contributed by atoms with Crippen LogP contribution in [-0.2, 0) is 25.6 Å². The summed E-state index contributed by atoms with van der Waals surface area (Å²) in [7, 11) is 3.28. The molecular weight excluding hydrogens is 392 g/mol. The molecule has 3 atom stereocenters. The molecule has 170 valence electrons. The Hall–Kier alpha value is -2.63. The molecule has 1 aromatic carbocycles. The van der Waals surface area contributed by atoms with E-state index in [0.717, 1.165) is 29.7 Å². The molecule has 0 fully saturated rings. The highest BCUT2D eigenvalue weighted by Crippen LogP contribution is 2.21. The fourth-order valence-electron chi connectivity index (χ4n) is 3.04. The Morgan fingerprint density at radius 2 is 1.84 bits per heavy atom. The third kappa shape index (κ3) is 10.3. The lowest BCUT2D eigenvalue weighted by Gasteiger charge is -2.28. The van der Waals surface area contributed by atoms with E-state index in [9.17, 15) is 4.79 Å². The smallest absolute Gasteiger partial charge is 0.330 e. The van der Waals surface area contributed by atoms with Crippen molar-refractivity contribution in [3.05, 3.63) is 78.9 Å². The molecule has 1 aromatic rings. The highest BCUT2D eigenvalue weighted by molar-refractivity contribution is 5.81. The molecule has 0 aromatic heterocycles. The van der Waals surface area contributed by atoms with Gasteiger partial charge >= 0.3 is 5.97 Å². The molecule has 0 amide bonds. The van der Waals surface area contributed by atoms with E-state index < -0.39 is 0 Å². The van der Waals surface area contributed by atoms with Gasteiger partial charge in [-0.2, -0.15) is 0 Å². The van der Waals surface area contributed by atoms with Crippen molar-refractivity contribution < 1.29 is 23.7 Å². The molecule has 0 bridgehead atoms. The van der Waals surface area contributed by atoms with Gasteiger partial charge in [-0.3, -0.25) is 0 Å². The molecule has 0 saturated carbocycles. The normalized spacial score (nSPS) is 14.6. The Balaban J connectivity index is 2.71. The first-order valence-electron chi connectivity index (χ1n) is 10.5. The zero-order valence-electron chi connectivity index (χ0n) is 19.2. The maximum Gasteiger partial charge on any atom is 0.330 e. The Kier molecular flexibility index (Phi) is 13.0. The molecule has 0 N–H and O–H groups in total. The predicted molar refractivity (Wildman–Crippen MR) is 125 cm³/mol. The second-order valence-corrected chi connectivity index (χ2v) is 7.31. The molecule has 5 nitrogen and oxygen atoms in total. The summed E-state index contributed by atoms with van der Waals surface area (Å²) < 4.78 is 22.3. The summed E-state index contributed by atoms with van der Waals surface area (Å²) in [5, 5.41) is 0. The molecule has 0 radical (unpaired) electrons. The number of allylic oxidation sites excluding steroid dienone is 2.